The van der Waals surface area contributed by atoms with E-state index in [0.29, 0.717) is 29.3 Å². The van der Waals surface area contributed by atoms with Gasteiger partial charge in [-0.3, -0.25) is 9.48 Å². The van der Waals surface area contributed by atoms with E-state index in [-0.39, 0.29) is 5.91 Å². The number of aromatic nitrogens is 5. The van der Waals surface area contributed by atoms with Crippen LogP contribution < -0.4 is 5.32 Å². The van der Waals surface area contributed by atoms with E-state index in [1.807, 2.05) is 37.3 Å². The molecular formula is C19H17ClN6O. The molecular weight excluding hydrogens is 364 g/mol. The highest BCUT2D eigenvalue weighted by molar-refractivity contribution is 6.30. The maximum atomic E-state index is 12.5. The molecule has 0 spiro atoms. The Morgan fingerprint density at radius 1 is 1.15 bits per heavy atom. The number of benzene rings is 1. The van der Waals surface area contributed by atoms with Gasteiger partial charge in [0.2, 0.25) is 0 Å². The van der Waals surface area contributed by atoms with Crippen LogP contribution in [-0.4, -0.2) is 36.8 Å². The fraction of sp³-hybridized carbons (Fsp3) is 0.158. The lowest BCUT2D eigenvalue weighted by molar-refractivity contribution is 0.0953. The number of fused-ring (bicyclic) bond motifs is 1. The SMILES string of the molecule is Cc1ccc(-c2ccnc3c(C(=O)NCCn4cc(Cl)cn4)cnn23)cc1. The van der Waals surface area contributed by atoms with Gasteiger partial charge >= 0.3 is 0 Å². The Kier molecular flexibility index (Phi) is 4.60. The van der Waals surface area contributed by atoms with Gasteiger partial charge in [-0.05, 0) is 13.0 Å². The van der Waals surface area contributed by atoms with E-state index in [2.05, 4.69) is 20.5 Å². The van der Waals surface area contributed by atoms with Gasteiger partial charge in [0, 0.05) is 24.5 Å². The lowest BCUT2D eigenvalue weighted by Gasteiger charge is -2.06. The average Bonchev–Trinajstić information content (AvgIpc) is 3.28. The molecule has 27 heavy (non-hydrogen) atoms. The van der Waals surface area contributed by atoms with Crippen LogP contribution in [0.4, 0.5) is 0 Å². The highest BCUT2D eigenvalue weighted by Gasteiger charge is 2.16. The largest absolute Gasteiger partial charge is 0.350 e. The monoisotopic (exact) mass is 380 g/mol. The van der Waals surface area contributed by atoms with Crippen LogP contribution in [0.5, 0.6) is 0 Å². The zero-order valence-corrected chi connectivity index (χ0v) is 15.4. The Hall–Kier alpha value is -3.19. The topological polar surface area (TPSA) is 77.1 Å². The van der Waals surface area contributed by atoms with Crippen molar-refractivity contribution in [2.24, 2.45) is 0 Å². The van der Waals surface area contributed by atoms with Crippen LogP contribution in [0.15, 0.2) is 55.1 Å². The molecule has 1 aromatic carbocycles. The standard InChI is InChI=1S/C19H17ClN6O/c1-13-2-4-14(5-3-13)17-6-7-21-18-16(11-24-26(17)18)19(27)22-8-9-25-12-15(20)10-23-25/h2-7,10-12H,8-9H2,1H3,(H,22,27). The van der Waals surface area contributed by atoms with Gasteiger partial charge in [-0.2, -0.15) is 10.2 Å². The van der Waals surface area contributed by atoms with Crippen molar-refractivity contribution in [2.45, 2.75) is 13.5 Å². The third kappa shape index (κ3) is 3.54. The van der Waals surface area contributed by atoms with Crippen LogP contribution >= 0.6 is 11.6 Å². The molecule has 0 aliphatic heterocycles. The van der Waals surface area contributed by atoms with E-state index in [1.54, 1.807) is 34.0 Å². The van der Waals surface area contributed by atoms with Gasteiger partial charge < -0.3 is 5.32 Å². The molecule has 3 heterocycles. The quantitative estimate of drug-likeness (QED) is 0.577. The summed E-state index contributed by atoms with van der Waals surface area (Å²) in [7, 11) is 0. The van der Waals surface area contributed by atoms with E-state index in [4.69, 9.17) is 11.6 Å². The zero-order valence-electron chi connectivity index (χ0n) is 14.6. The second-order valence-corrected chi connectivity index (χ2v) is 6.60. The minimum atomic E-state index is -0.225. The summed E-state index contributed by atoms with van der Waals surface area (Å²) in [5, 5.41) is 11.9. The van der Waals surface area contributed by atoms with Gasteiger partial charge in [0.15, 0.2) is 5.65 Å². The van der Waals surface area contributed by atoms with Crippen molar-refractivity contribution >= 4 is 23.2 Å². The average molecular weight is 381 g/mol. The molecule has 0 aliphatic rings. The van der Waals surface area contributed by atoms with E-state index >= 15 is 0 Å². The third-order valence-electron chi connectivity index (χ3n) is 4.22. The minimum absolute atomic E-state index is 0.225. The first-order chi connectivity index (χ1) is 13.1. The van der Waals surface area contributed by atoms with Crippen molar-refractivity contribution in [2.75, 3.05) is 6.54 Å². The Balaban J connectivity index is 1.55. The maximum absolute atomic E-state index is 12.5. The second kappa shape index (κ2) is 7.20. The van der Waals surface area contributed by atoms with Crippen molar-refractivity contribution in [1.82, 2.24) is 29.7 Å². The molecule has 0 unspecified atom stereocenters. The number of hydrogen-bond donors (Lipinski definition) is 1. The molecule has 0 atom stereocenters. The van der Waals surface area contributed by atoms with Crippen LogP contribution in [0.1, 0.15) is 15.9 Å². The summed E-state index contributed by atoms with van der Waals surface area (Å²) in [6, 6.07) is 10.0. The van der Waals surface area contributed by atoms with E-state index in [0.717, 1.165) is 11.3 Å². The number of carbonyl (C=O) groups is 1. The Labute approximate surface area is 160 Å². The van der Waals surface area contributed by atoms with Gasteiger partial charge in [0.1, 0.15) is 5.56 Å². The predicted molar refractivity (Wildman–Crippen MR) is 103 cm³/mol. The fourth-order valence-corrected chi connectivity index (χ4v) is 2.99. The van der Waals surface area contributed by atoms with Gasteiger partial charge in [0.05, 0.1) is 29.7 Å². The number of nitrogens with zero attached hydrogens (tertiary/aromatic N) is 5. The summed E-state index contributed by atoms with van der Waals surface area (Å²) < 4.78 is 3.36. The molecule has 0 bridgehead atoms. The van der Waals surface area contributed by atoms with E-state index < -0.39 is 0 Å². The Morgan fingerprint density at radius 3 is 2.70 bits per heavy atom. The molecule has 4 rings (SSSR count). The van der Waals surface area contributed by atoms with Gasteiger partial charge in [-0.1, -0.05) is 41.4 Å². The molecule has 0 fully saturated rings. The number of nitrogens with one attached hydrogen (secondary N) is 1. The smallest absolute Gasteiger partial charge is 0.256 e. The maximum Gasteiger partial charge on any atom is 0.256 e. The van der Waals surface area contributed by atoms with Gasteiger partial charge in [-0.25, -0.2) is 9.50 Å². The van der Waals surface area contributed by atoms with Crippen molar-refractivity contribution in [1.29, 1.82) is 0 Å². The fourth-order valence-electron chi connectivity index (χ4n) is 2.83. The summed E-state index contributed by atoms with van der Waals surface area (Å²) in [5.74, 6) is -0.225. The first-order valence-electron chi connectivity index (χ1n) is 8.48. The molecule has 8 heteroatoms. The molecule has 3 aromatic heterocycles. The van der Waals surface area contributed by atoms with Crippen molar-refractivity contribution < 1.29 is 4.79 Å². The van der Waals surface area contributed by atoms with Gasteiger partial charge in [-0.15, -0.1) is 0 Å². The van der Waals surface area contributed by atoms with Gasteiger partial charge in [0.25, 0.3) is 5.91 Å². The van der Waals surface area contributed by atoms with Crippen LogP contribution in [-0.2, 0) is 6.54 Å². The minimum Gasteiger partial charge on any atom is -0.350 e. The number of aryl methyl sites for hydroxylation is 1. The Bertz CT molecular complexity index is 1100. The molecule has 4 aromatic rings. The van der Waals surface area contributed by atoms with Crippen LogP contribution in [0, 0.1) is 6.92 Å². The predicted octanol–water partition coefficient (Wildman–Crippen LogP) is 2.98. The first-order valence-corrected chi connectivity index (χ1v) is 8.85. The summed E-state index contributed by atoms with van der Waals surface area (Å²) in [5.41, 5.74) is 4.03. The number of carbonyl (C=O) groups excluding carboxylic acids is 1. The summed E-state index contributed by atoms with van der Waals surface area (Å²) in [6.45, 7) is 2.99. The number of hydrogen-bond acceptors (Lipinski definition) is 4. The summed E-state index contributed by atoms with van der Waals surface area (Å²) in [4.78, 5) is 16.9. The van der Waals surface area contributed by atoms with E-state index in [1.165, 1.54) is 5.56 Å². The lowest BCUT2D eigenvalue weighted by atomic mass is 10.1. The lowest BCUT2D eigenvalue weighted by Crippen LogP contribution is -2.27. The number of halogens is 1. The Morgan fingerprint density at radius 2 is 1.96 bits per heavy atom. The van der Waals surface area contributed by atoms with E-state index in [9.17, 15) is 4.79 Å². The molecule has 0 saturated carbocycles. The third-order valence-corrected chi connectivity index (χ3v) is 4.42. The summed E-state index contributed by atoms with van der Waals surface area (Å²) in [6.07, 6.45) is 6.50. The van der Waals surface area contributed by atoms with Crippen molar-refractivity contribution in [3.05, 3.63) is 71.3 Å². The molecule has 0 aliphatic carbocycles. The van der Waals surface area contributed by atoms with Crippen molar-refractivity contribution in [3.63, 3.8) is 0 Å². The summed E-state index contributed by atoms with van der Waals surface area (Å²) >= 11 is 5.83. The number of rotatable bonds is 5. The van der Waals surface area contributed by atoms with Crippen LogP contribution in [0.2, 0.25) is 5.02 Å². The van der Waals surface area contributed by atoms with Crippen LogP contribution in [0.25, 0.3) is 16.9 Å². The van der Waals surface area contributed by atoms with Crippen molar-refractivity contribution in [3.8, 4) is 11.3 Å². The first kappa shape index (κ1) is 17.2. The normalized spacial score (nSPS) is 11.0. The molecule has 0 radical (unpaired) electrons. The molecule has 136 valence electrons. The molecule has 7 nitrogen and oxygen atoms in total. The molecule has 1 amide bonds. The second-order valence-electron chi connectivity index (χ2n) is 6.17. The molecule has 0 saturated heterocycles. The highest BCUT2D eigenvalue weighted by atomic mass is 35.5. The highest BCUT2D eigenvalue weighted by Crippen LogP contribution is 2.21. The van der Waals surface area contributed by atoms with Crippen LogP contribution in [0.3, 0.4) is 0 Å². The molecule has 1 N–H and O–H groups in total. The zero-order chi connectivity index (χ0) is 18.8. The number of amides is 1.